The largest absolute Gasteiger partial charge is 0.492 e. The Bertz CT molecular complexity index is 516. The summed E-state index contributed by atoms with van der Waals surface area (Å²) in [6.07, 6.45) is 3.57. The van der Waals surface area contributed by atoms with E-state index in [1.54, 1.807) is 24.5 Å². The third kappa shape index (κ3) is 4.31. The van der Waals surface area contributed by atoms with Crippen molar-refractivity contribution in [3.05, 3.63) is 60.2 Å². The van der Waals surface area contributed by atoms with Crippen LogP contribution in [0, 0.1) is 5.82 Å². The molecule has 0 aliphatic rings. The summed E-state index contributed by atoms with van der Waals surface area (Å²) in [6.45, 7) is 4.69. The summed E-state index contributed by atoms with van der Waals surface area (Å²) in [5.74, 6) is 0.423. The highest BCUT2D eigenvalue weighted by molar-refractivity contribution is 5.22. The maximum Gasteiger partial charge on any atom is 0.123 e. The Balaban J connectivity index is 1.80. The van der Waals surface area contributed by atoms with E-state index in [1.807, 2.05) is 12.1 Å². The van der Waals surface area contributed by atoms with Gasteiger partial charge in [-0.2, -0.15) is 0 Å². The molecule has 1 aromatic carbocycles. The molecule has 3 nitrogen and oxygen atoms in total. The normalized spacial score (nSPS) is 13.8. The molecule has 106 valence electrons. The van der Waals surface area contributed by atoms with Gasteiger partial charge in [0.05, 0.1) is 0 Å². The summed E-state index contributed by atoms with van der Waals surface area (Å²) in [5, 5.41) is 3.45. The smallest absolute Gasteiger partial charge is 0.123 e. The van der Waals surface area contributed by atoms with Crippen molar-refractivity contribution in [2.75, 3.05) is 6.61 Å². The van der Waals surface area contributed by atoms with Crippen molar-refractivity contribution < 1.29 is 9.13 Å². The van der Waals surface area contributed by atoms with Crippen LogP contribution in [-0.4, -0.2) is 17.6 Å². The predicted octanol–water partition coefficient (Wildman–Crippen LogP) is 3.34. The number of rotatable bonds is 6. The first-order valence-electron chi connectivity index (χ1n) is 6.69. The number of hydrogen-bond acceptors (Lipinski definition) is 3. The molecule has 0 unspecified atom stereocenters. The molecule has 0 saturated carbocycles. The van der Waals surface area contributed by atoms with E-state index in [4.69, 9.17) is 4.74 Å². The molecule has 0 aliphatic carbocycles. The zero-order chi connectivity index (χ0) is 14.4. The van der Waals surface area contributed by atoms with Crippen molar-refractivity contribution in [2.45, 2.75) is 25.9 Å². The van der Waals surface area contributed by atoms with Crippen LogP contribution >= 0.6 is 0 Å². The zero-order valence-corrected chi connectivity index (χ0v) is 11.7. The van der Waals surface area contributed by atoms with E-state index in [9.17, 15) is 4.39 Å². The fraction of sp³-hybridized carbons (Fsp3) is 0.312. The van der Waals surface area contributed by atoms with Gasteiger partial charge in [0.25, 0.3) is 0 Å². The second-order valence-electron chi connectivity index (χ2n) is 4.83. The van der Waals surface area contributed by atoms with E-state index < -0.39 is 0 Å². The van der Waals surface area contributed by atoms with Crippen LogP contribution < -0.4 is 10.1 Å². The maximum atomic E-state index is 12.8. The van der Waals surface area contributed by atoms with Crippen LogP contribution in [0.15, 0.2) is 48.8 Å². The van der Waals surface area contributed by atoms with E-state index in [-0.39, 0.29) is 17.9 Å². The quantitative estimate of drug-likeness (QED) is 0.877. The standard InChI is InChI=1S/C16H19FN2O/c1-12(11-20-16-5-3-15(17)4-6-16)19-13(2)14-7-9-18-10-8-14/h3-10,12-13,19H,11H2,1-2H3/t12-,13-/m1/s1. The summed E-state index contributed by atoms with van der Waals surface area (Å²) in [6, 6.07) is 10.5. The first kappa shape index (κ1) is 14.5. The molecule has 1 aromatic heterocycles. The number of halogens is 1. The summed E-state index contributed by atoms with van der Waals surface area (Å²) in [4.78, 5) is 4.01. The van der Waals surface area contributed by atoms with Crippen molar-refractivity contribution in [3.8, 4) is 5.75 Å². The number of nitrogens with one attached hydrogen (secondary N) is 1. The van der Waals surface area contributed by atoms with Gasteiger partial charge in [0, 0.05) is 24.5 Å². The molecule has 2 aromatic rings. The number of benzene rings is 1. The molecule has 0 fully saturated rings. The van der Waals surface area contributed by atoms with Gasteiger partial charge in [-0.25, -0.2) is 4.39 Å². The lowest BCUT2D eigenvalue weighted by molar-refractivity contribution is 0.263. The van der Waals surface area contributed by atoms with Crippen LogP contribution in [0.1, 0.15) is 25.5 Å². The van der Waals surface area contributed by atoms with Crippen molar-refractivity contribution in [1.82, 2.24) is 10.3 Å². The SMILES string of the molecule is C[C@H](COc1ccc(F)cc1)N[C@H](C)c1ccncc1. The predicted molar refractivity (Wildman–Crippen MR) is 77.1 cm³/mol. The molecule has 0 aliphatic heterocycles. The van der Waals surface area contributed by atoms with Crippen LogP contribution in [0.4, 0.5) is 4.39 Å². The Morgan fingerprint density at radius 2 is 1.75 bits per heavy atom. The Kier molecular flexibility index (Phi) is 5.07. The zero-order valence-electron chi connectivity index (χ0n) is 11.7. The third-order valence-corrected chi connectivity index (χ3v) is 3.05. The lowest BCUT2D eigenvalue weighted by Gasteiger charge is -2.20. The molecule has 2 atom stereocenters. The minimum absolute atomic E-state index is 0.184. The number of hydrogen-bond donors (Lipinski definition) is 1. The Hall–Kier alpha value is -1.94. The van der Waals surface area contributed by atoms with Crippen molar-refractivity contribution >= 4 is 0 Å². The average molecular weight is 274 g/mol. The molecule has 0 amide bonds. The van der Waals surface area contributed by atoms with Crippen molar-refractivity contribution in [1.29, 1.82) is 0 Å². The highest BCUT2D eigenvalue weighted by atomic mass is 19.1. The van der Waals surface area contributed by atoms with Gasteiger partial charge in [-0.05, 0) is 55.8 Å². The molecule has 0 saturated heterocycles. The molecule has 2 rings (SSSR count). The minimum Gasteiger partial charge on any atom is -0.492 e. The third-order valence-electron chi connectivity index (χ3n) is 3.05. The Morgan fingerprint density at radius 1 is 1.10 bits per heavy atom. The summed E-state index contributed by atoms with van der Waals surface area (Å²) in [5.41, 5.74) is 1.19. The molecule has 1 N–H and O–H groups in total. The summed E-state index contributed by atoms with van der Waals surface area (Å²) in [7, 11) is 0. The van der Waals surface area contributed by atoms with E-state index in [0.29, 0.717) is 12.4 Å². The minimum atomic E-state index is -0.255. The van der Waals surface area contributed by atoms with E-state index in [1.165, 1.54) is 17.7 Å². The summed E-state index contributed by atoms with van der Waals surface area (Å²) >= 11 is 0. The van der Waals surface area contributed by atoms with Crippen LogP contribution in [0.25, 0.3) is 0 Å². The van der Waals surface area contributed by atoms with Crippen molar-refractivity contribution in [3.63, 3.8) is 0 Å². The topological polar surface area (TPSA) is 34.1 Å². The van der Waals surface area contributed by atoms with Gasteiger partial charge in [-0.15, -0.1) is 0 Å². The fourth-order valence-corrected chi connectivity index (χ4v) is 1.98. The molecule has 20 heavy (non-hydrogen) atoms. The monoisotopic (exact) mass is 274 g/mol. The first-order valence-corrected chi connectivity index (χ1v) is 6.69. The van der Waals surface area contributed by atoms with Gasteiger partial charge in [0.2, 0.25) is 0 Å². The van der Waals surface area contributed by atoms with E-state index in [0.717, 1.165) is 0 Å². The van der Waals surface area contributed by atoms with Crippen molar-refractivity contribution in [2.24, 2.45) is 0 Å². The van der Waals surface area contributed by atoms with Crippen LogP contribution in [0.2, 0.25) is 0 Å². The van der Waals surface area contributed by atoms with Gasteiger partial charge < -0.3 is 10.1 Å². The maximum absolute atomic E-state index is 12.8. The Labute approximate surface area is 118 Å². The Morgan fingerprint density at radius 3 is 2.40 bits per heavy atom. The average Bonchev–Trinajstić information content (AvgIpc) is 2.47. The second-order valence-corrected chi connectivity index (χ2v) is 4.83. The number of ether oxygens (including phenoxy) is 1. The van der Waals surface area contributed by atoms with Gasteiger partial charge in [-0.1, -0.05) is 0 Å². The van der Waals surface area contributed by atoms with Crippen LogP contribution in [0.5, 0.6) is 5.75 Å². The van der Waals surface area contributed by atoms with Crippen LogP contribution in [0.3, 0.4) is 0 Å². The molecule has 1 heterocycles. The number of nitrogens with zero attached hydrogens (tertiary/aromatic N) is 1. The first-order chi connectivity index (χ1) is 9.65. The van der Waals surface area contributed by atoms with Gasteiger partial charge in [0.1, 0.15) is 18.2 Å². The second kappa shape index (κ2) is 7.01. The molecular formula is C16H19FN2O. The molecule has 0 radical (unpaired) electrons. The van der Waals surface area contributed by atoms with Gasteiger partial charge in [0.15, 0.2) is 0 Å². The fourth-order valence-electron chi connectivity index (χ4n) is 1.98. The number of aromatic nitrogens is 1. The highest BCUT2D eigenvalue weighted by Crippen LogP contribution is 2.13. The molecule has 4 heteroatoms. The van der Waals surface area contributed by atoms with E-state index >= 15 is 0 Å². The lowest BCUT2D eigenvalue weighted by Crippen LogP contribution is -2.33. The van der Waals surface area contributed by atoms with Gasteiger partial charge >= 0.3 is 0 Å². The number of pyridine rings is 1. The lowest BCUT2D eigenvalue weighted by atomic mass is 10.1. The summed E-state index contributed by atoms with van der Waals surface area (Å²) < 4.78 is 18.4. The molecule has 0 spiro atoms. The van der Waals surface area contributed by atoms with Gasteiger partial charge in [-0.3, -0.25) is 4.98 Å². The molecular weight excluding hydrogens is 255 g/mol. The van der Waals surface area contributed by atoms with E-state index in [2.05, 4.69) is 24.1 Å². The van der Waals surface area contributed by atoms with Crippen LogP contribution in [-0.2, 0) is 0 Å². The highest BCUT2D eigenvalue weighted by Gasteiger charge is 2.09. The molecule has 0 bridgehead atoms.